The first-order valence-corrected chi connectivity index (χ1v) is 7.57. The summed E-state index contributed by atoms with van der Waals surface area (Å²) in [6.45, 7) is 2.27. The molecule has 0 saturated heterocycles. The van der Waals surface area contributed by atoms with Crippen LogP contribution in [-0.4, -0.2) is 11.4 Å². The summed E-state index contributed by atoms with van der Waals surface area (Å²) >= 11 is 0. The lowest BCUT2D eigenvalue weighted by atomic mass is 10.0. The Morgan fingerprint density at radius 3 is 1.53 bits per heavy atom. The van der Waals surface area contributed by atoms with Crippen LogP contribution in [0, 0.1) is 0 Å². The SMILES string of the molecule is CCCCCCCCCCCCCCC=NO. The Morgan fingerprint density at radius 1 is 0.706 bits per heavy atom. The maximum absolute atomic E-state index is 8.21. The molecule has 0 spiro atoms. The van der Waals surface area contributed by atoms with Gasteiger partial charge in [-0.3, -0.25) is 0 Å². The van der Waals surface area contributed by atoms with E-state index < -0.39 is 0 Å². The van der Waals surface area contributed by atoms with Crippen LogP contribution in [0.25, 0.3) is 0 Å². The molecule has 0 atom stereocenters. The molecule has 102 valence electrons. The first kappa shape index (κ1) is 16.5. The lowest BCUT2D eigenvalue weighted by Gasteiger charge is -2.01. The highest BCUT2D eigenvalue weighted by atomic mass is 16.4. The summed E-state index contributed by atoms with van der Waals surface area (Å²) < 4.78 is 0. The number of unbranched alkanes of at least 4 members (excludes halogenated alkanes) is 12. The predicted molar refractivity (Wildman–Crippen MR) is 76.0 cm³/mol. The number of nitrogens with zero attached hydrogens (tertiary/aromatic N) is 1. The molecular weight excluding hydrogens is 210 g/mol. The fourth-order valence-corrected chi connectivity index (χ4v) is 2.13. The first-order chi connectivity index (χ1) is 8.41. The quantitative estimate of drug-likeness (QED) is 0.195. The van der Waals surface area contributed by atoms with E-state index in [2.05, 4.69) is 12.1 Å². The molecular formula is C15H31NO. The van der Waals surface area contributed by atoms with E-state index in [4.69, 9.17) is 5.21 Å². The number of oxime groups is 1. The van der Waals surface area contributed by atoms with Gasteiger partial charge in [0.15, 0.2) is 0 Å². The van der Waals surface area contributed by atoms with E-state index in [0.29, 0.717) is 0 Å². The topological polar surface area (TPSA) is 32.6 Å². The smallest absolute Gasteiger partial charge is 0.0435 e. The van der Waals surface area contributed by atoms with Gasteiger partial charge in [0, 0.05) is 6.21 Å². The molecule has 17 heavy (non-hydrogen) atoms. The van der Waals surface area contributed by atoms with Crippen LogP contribution < -0.4 is 0 Å². The molecule has 0 aliphatic rings. The zero-order valence-corrected chi connectivity index (χ0v) is 11.7. The fraction of sp³-hybridized carbons (Fsp3) is 0.933. The normalized spacial score (nSPS) is 11.4. The van der Waals surface area contributed by atoms with Crippen LogP contribution >= 0.6 is 0 Å². The van der Waals surface area contributed by atoms with Crippen molar-refractivity contribution in [1.82, 2.24) is 0 Å². The minimum absolute atomic E-state index is 0.925. The third-order valence-electron chi connectivity index (χ3n) is 3.27. The van der Waals surface area contributed by atoms with Crippen molar-refractivity contribution in [3.05, 3.63) is 0 Å². The Bertz CT molecular complexity index is 157. The van der Waals surface area contributed by atoms with Crippen molar-refractivity contribution < 1.29 is 5.21 Å². The molecule has 0 rings (SSSR count). The van der Waals surface area contributed by atoms with Crippen LogP contribution in [0.1, 0.15) is 90.4 Å². The zero-order valence-electron chi connectivity index (χ0n) is 11.7. The van der Waals surface area contributed by atoms with Crippen molar-refractivity contribution in [3.8, 4) is 0 Å². The van der Waals surface area contributed by atoms with Gasteiger partial charge in [-0.1, -0.05) is 77.6 Å². The molecule has 0 aliphatic heterocycles. The molecule has 2 heteroatoms. The Kier molecular flexibility index (Phi) is 15.0. The Morgan fingerprint density at radius 2 is 1.12 bits per heavy atom. The third-order valence-corrected chi connectivity index (χ3v) is 3.27. The van der Waals surface area contributed by atoms with Crippen LogP contribution in [0.3, 0.4) is 0 Å². The van der Waals surface area contributed by atoms with Gasteiger partial charge in [0.2, 0.25) is 0 Å². The Labute approximate surface area is 107 Å². The van der Waals surface area contributed by atoms with E-state index in [0.717, 1.165) is 6.42 Å². The van der Waals surface area contributed by atoms with Crippen molar-refractivity contribution >= 4 is 6.21 Å². The van der Waals surface area contributed by atoms with Crippen LogP contribution in [0.5, 0.6) is 0 Å². The first-order valence-electron chi connectivity index (χ1n) is 7.57. The van der Waals surface area contributed by atoms with Crippen molar-refractivity contribution in [3.63, 3.8) is 0 Å². The molecule has 0 radical (unpaired) electrons. The molecule has 0 aliphatic carbocycles. The highest BCUT2D eigenvalue weighted by molar-refractivity contribution is 5.55. The average molecular weight is 241 g/mol. The summed E-state index contributed by atoms with van der Waals surface area (Å²) in [5, 5.41) is 11.2. The molecule has 0 unspecified atom stereocenters. The molecule has 2 nitrogen and oxygen atoms in total. The highest BCUT2D eigenvalue weighted by Gasteiger charge is 1.92. The number of hydrogen-bond acceptors (Lipinski definition) is 2. The van der Waals surface area contributed by atoms with E-state index in [1.54, 1.807) is 6.21 Å². The van der Waals surface area contributed by atoms with Gasteiger partial charge in [0.1, 0.15) is 0 Å². The molecule has 0 saturated carbocycles. The summed E-state index contributed by atoms with van der Waals surface area (Å²) in [6, 6.07) is 0. The number of rotatable bonds is 13. The second kappa shape index (κ2) is 15.5. The van der Waals surface area contributed by atoms with Gasteiger partial charge in [-0.25, -0.2) is 0 Å². The minimum Gasteiger partial charge on any atom is -0.411 e. The van der Waals surface area contributed by atoms with Gasteiger partial charge in [0.05, 0.1) is 0 Å². The number of hydrogen-bond donors (Lipinski definition) is 1. The van der Waals surface area contributed by atoms with E-state index in [1.807, 2.05) is 0 Å². The molecule has 0 aromatic heterocycles. The minimum atomic E-state index is 0.925. The van der Waals surface area contributed by atoms with Gasteiger partial charge in [-0.15, -0.1) is 5.16 Å². The van der Waals surface area contributed by atoms with Crippen molar-refractivity contribution in [2.75, 3.05) is 0 Å². The maximum atomic E-state index is 8.21. The lowest BCUT2D eigenvalue weighted by molar-refractivity contribution is 0.320. The van der Waals surface area contributed by atoms with Crippen LogP contribution in [0.15, 0.2) is 5.16 Å². The standard InChI is InChI=1S/C15H31NO/c1-2-3-4-5-6-7-8-9-10-11-12-13-14-15-16-17/h15,17H,2-14H2,1H3. The zero-order chi connectivity index (χ0) is 12.6. The van der Waals surface area contributed by atoms with Gasteiger partial charge in [-0.05, 0) is 12.8 Å². The van der Waals surface area contributed by atoms with Gasteiger partial charge in [-0.2, -0.15) is 0 Å². The molecule has 0 bridgehead atoms. The highest BCUT2D eigenvalue weighted by Crippen LogP contribution is 2.12. The second-order valence-corrected chi connectivity index (χ2v) is 4.98. The summed E-state index contributed by atoms with van der Waals surface area (Å²) in [4.78, 5) is 0. The maximum Gasteiger partial charge on any atom is 0.0435 e. The summed E-state index contributed by atoms with van der Waals surface area (Å²) in [6.07, 6.45) is 19.0. The monoisotopic (exact) mass is 241 g/mol. The molecule has 0 aromatic carbocycles. The summed E-state index contributed by atoms with van der Waals surface area (Å²) in [7, 11) is 0. The van der Waals surface area contributed by atoms with Crippen LogP contribution in [0.2, 0.25) is 0 Å². The van der Waals surface area contributed by atoms with Crippen molar-refractivity contribution in [2.24, 2.45) is 5.16 Å². The second-order valence-electron chi connectivity index (χ2n) is 4.98. The van der Waals surface area contributed by atoms with E-state index >= 15 is 0 Å². The lowest BCUT2D eigenvalue weighted by Crippen LogP contribution is -1.83. The average Bonchev–Trinajstić information content (AvgIpc) is 2.35. The Hall–Kier alpha value is -0.530. The molecule has 0 aromatic rings. The van der Waals surface area contributed by atoms with Crippen LogP contribution in [0.4, 0.5) is 0 Å². The van der Waals surface area contributed by atoms with E-state index in [9.17, 15) is 0 Å². The third kappa shape index (κ3) is 15.5. The molecule has 0 fully saturated rings. The van der Waals surface area contributed by atoms with E-state index in [1.165, 1.54) is 77.0 Å². The molecule has 1 N–H and O–H groups in total. The largest absolute Gasteiger partial charge is 0.411 e. The molecule has 0 heterocycles. The van der Waals surface area contributed by atoms with Gasteiger partial charge >= 0.3 is 0 Å². The van der Waals surface area contributed by atoms with E-state index in [-0.39, 0.29) is 0 Å². The van der Waals surface area contributed by atoms with Gasteiger partial charge in [0.25, 0.3) is 0 Å². The summed E-state index contributed by atoms with van der Waals surface area (Å²) in [5.41, 5.74) is 0. The van der Waals surface area contributed by atoms with Gasteiger partial charge < -0.3 is 5.21 Å². The molecule has 0 amide bonds. The predicted octanol–water partition coefficient (Wildman–Crippen LogP) is 5.54. The van der Waals surface area contributed by atoms with Crippen molar-refractivity contribution in [1.29, 1.82) is 0 Å². The Balaban J connectivity index is 2.89. The summed E-state index contributed by atoms with van der Waals surface area (Å²) in [5.74, 6) is 0. The van der Waals surface area contributed by atoms with Crippen molar-refractivity contribution in [2.45, 2.75) is 90.4 Å². The fourth-order valence-electron chi connectivity index (χ4n) is 2.13. The van der Waals surface area contributed by atoms with Crippen LogP contribution in [-0.2, 0) is 0 Å².